The number of aromatic nitrogens is 1. The Morgan fingerprint density at radius 3 is 2.21 bits per heavy atom. The van der Waals surface area contributed by atoms with Crippen molar-refractivity contribution in [2.45, 2.75) is 6.92 Å². The van der Waals surface area contributed by atoms with Crippen LogP contribution in [-0.2, 0) is 7.05 Å². The first kappa shape index (κ1) is 14.6. The summed E-state index contributed by atoms with van der Waals surface area (Å²) in [5.74, 6) is 0. The van der Waals surface area contributed by atoms with Gasteiger partial charge in [0.1, 0.15) is 7.05 Å². The molecule has 0 radical (unpaired) electrons. The van der Waals surface area contributed by atoms with Gasteiger partial charge in [-0.25, -0.2) is 4.57 Å². The van der Waals surface area contributed by atoms with Gasteiger partial charge in [0.25, 0.3) is 0 Å². The molecule has 116 valence electrons. The Labute approximate surface area is 142 Å². The minimum atomic E-state index is 1.23. The predicted octanol–water partition coefficient (Wildman–Crippen LogP) is 5.31. The molecule has 0 amide bonds. The number of benzene rings is 3. The van der Waals surface area contributed by atoms with Crippen molar-refractivity contribution in [1.82, 2.24) is 0 Å². The molecule has 1 heterocycles. The van der Waals surface area contributed by atoms with Gasteiger partial charge >= 0.3 is 0 Å². The second-order valence-corrected chi connectivity index (χ2v) is 6.29. The summed E-state index contributed by atoms with van der Waals surface area (Å²) in [7, 11) is 2.09. The largest absolute Gasteiger partial charge is 0.212 e. The van der Waals surface area contributed by atoms with Crippen LogP contribution < -0.4 is 4.57 Å². The summed E-state index contributed by atoms with van der Waals surface area (Å²) in [6, 6.07) is 28.2. The maximum absolute atomic E-state index is 2.30. The summed E-state index contributed by atoms with van der Waals surface area (Å²) in [6.07, 6.45) is 2.09. The first-order valence-corrected chi connectivity index (χ1v) is 8.27. The fourth-order valence-electron chi connectivity index (χ4n) is 3.25. The molecule has 0 bridgehead atoms. The maximum Gasteiger partial charge on any atom is 0.212 e. The maximum atomic E-state index is 2.30. The zero-order valence-electron chi connectivity index (χ0n) is 14.0. The molecule has 1 aromatic heterocycles. The van der Waals surface area contributed by atoms with Crippen LogP contribution in [0.5, 0.6) is 0 Å². The van der Waals surface area contributed by atoms with Crippen molar-refractivity contribution >= 4 is 10.8 Å². The second kappa shape index (κ2) is 5.93. The minimum absolute atomic E-state index is 1.23. The highest BCUT2D eigenvalue weighted by atomic mass is 14.9. The number of nitrogens with zero attached hydrogens (tertiary/aromatic N) is 1. The molecule has 0 atom stereocenters. The van der Waals surface area contributed by atoms with Gasteiger partial charge in [-0.05, 0) is 52.6 Å². The van der Waals surface area contributed by atoms with E-state index in [0.29, 0.717) is 0 Å². The van der Waals surface area contributed by atoms with Crippen molar-refractivity contribution in [3.8, 4) is 22.4 Å². The molecule has 1 nitrogen and oxygen atoms in total. The van der Waals surface area contributed by atoms with Gasteiger partial charge in [-0.3, -0.25) is 0 Å². The highest BCUT2D eigenvalue weighted by Crippen LogP contribution is 2.29. The molecule has 0 aliphatic carbocycles. The van der Waals surface area contributed by atoms with E-state index in [1.54, 1.807) is 0 Å². The molecule has 3 aromatic carbocycles. The quantitative estimate of drug-likeness (QED) is 0.442. The van der Waals surface area contributed by atoms with Gasteiger partial charge in [-0.1, -0.05) is 48.5 Å². The van der Waals surface area contributed by atoms with E-state index in [0.717, 1.165) is 0 Å². The summed E-state index contributed by atoms with van der Waals surface area (Å²) in [5.41, 5.74) is 6.32. The summed E-state index contributed by atoms with van der Waals surface area (Å²) in [4.78, 5) is 0. The van der Waals surface area contributed by atoms with Gasteiger partial charge in [0.05, 0.1) is 0 Å². The van der Waals surface area contributed by atoms with Crippen LogP contribution in [-0.4, -0.2) is 0 Å². The fraction of sp³-hybridized carbons (Fsp3) is 0.0870. The van der Waals surface area contributed by atoms with Crippen LogP contribution in [0.3, 0.4) is 0 Å². The minimum Gasteiger partial charge on any atom is -0.201 e. The van der Waals surface area contributed by atoms with Crippen LogP contribution in [0.15, 0.2) is 85.1 Å². The van der Waals surface area contributed by atoms with Crippen LogP contribution in [0, 0.1) is 6.92 Å². The lowest BCUT2D eigenvalue weighted by molar-refractivity contribution is -0.660. The van der Waals surface area contributed by atoms with Gasteiger partial charge in [0.2, 0.25) is 5.69 Å². The van der Waals surface area contributed by atoms with Crippen molar-refractivity contribution < 1.29 is 4.57 Å². The van der Waals surface area contributed by atoms with E-state index in [9.17, 15) is 0 Å². The Morgan fingerprint density at radius 1 is 0.667 bits per heavy atom. The van der Waals surface area contributed by atoms with Crippen LogP contribution in [0.1, 0.15) is 5.56 Å². The molecule has 4 aromatic rings. The monoisotopic (exact) mass is 310 g/mol. The normalized spacial score (nSPS) is 10.9. The van der Waals surface area contributed by atoms with E-state index in [2.05, 4.69) is 104 Å². The summed E-state index contributed by atoms with van der Waals surface area (Å²) < 4.78 is 2.17. The molecule has 0 unspecified atom stereocenters. The Morgan fingerprint density at radius 2 is 1.38 bits per heavy atom. The highest BCUT2D eigenvalue weighted by molar-refractivity contribution is 5.88. The number of fused-ring (bicyclic) bond motifs is 1. The topological polar surface area (TPSA) is 3.88 Å². The molecule has 0 saturated heterocycles. The Kier molecular flexibility index (Phi) is 3.62. The zero-order chi connectivity index (χ0) is 16.5. The Hall–Kier alpha value is -2.93. The predicted molar refractivity (Wildman–Crippen MR) is 101 cm³/mol. The third-order valence-electron chi connectivity index (χ3n) is 4.65. The molecule has 0 fully saturated rings. The van der Waals surface area contributed by atoms with Crippen LogP contribution in [0.25, 0.3) is 33.2 Å². The van der Waals surface area contributed by atoms with E-state index < -0.39 is 0 Å². The zero-order valence-corrected chi connectivity index (χ0v) is 14.0. The average molecular weight is 310 g/mol. The third-order valence-corrected chi connectivity index (χ3v) is 4.65. The Balaban J connectivity index is 1.87. The summed E-state index contributed by atoms with van der Waals surface area (Å²) in [5, 5.41) is 2.56. The number of pyridine rings is 1. The molecule has 0 aliphatic rings. The van der Waals surface area contributed by atoms with E-state index in [1.165, 1.54) is 38.7 Å². The highest BCUT2D eigenvalue weighted by Gasteiger charge is 2.12. The number of hydrogen-bond donors (Lipinski definition) is 0. The first-order chi connectivity index (χ1) is 11.7. The first-order valence-electron chi connectivity index (χ1n) is 8.27. The summed E-state index contributed by atoms with van der Waals surface area (Å²) in [6.45, 7) is 2.17. The van der Waals surface area contributed by atoms with Crippen LogP contribution in [0.4, 0.5) is 0 Å². The van der Waals surface area contributed by atoms with Crippen LogP contribution in [0.2, 0.25) is 0 Å². The van der Waals surface area contributed by atoms with E-state index >= 15 is 0 Å². The average Bonchev–Trinajstić information content (AvgIpc) is 2.62. The molecule has 0 aliphatic heterocycles. The SMILES string of the molecule is Cc1ccc(-c2ccc3ccccc3c2)cc1-c1cccc[n+]1C. The fourth-order valence-corrected chi connectivity index (χ4v) is 3.25. The molecule has 0 spiro atoms. The standard InChI is InChI=1S/C23H20N/c1-17-10-11-21(16-22(17)23-9-5-6-14-24(23)2)20-13-12-18-7-3-4-8-19(18)15-20/h3-16H,1-2H3/q+1. The van der Waals surface area contributed by atoms with Gasteiger partial charge in [0.15, 0.2) is 6.20 Å². The van der Waals surface area contributed by atoms with E-state index in [-0.39, 0.29) is 0 Å². The van der Waals surface area contributed by atoms with Gasteiger partial charge in [0, 0.05) is 17.7 Å². The molecular formula is C23H20N+. The van der Waals surface area contributed by atoms with Gasteiger partial charge in [-0.15, -0.1) is 0 Å². The number of aryl methyl sites for hydroxylation is 2. The molecule has 24 heavy (non-hydrogen) atoms. The third kappa shape index (κ3) is 2.59. The van der Waals surface area contributed by atoms with Crippen molar-refractivity contribution in [3.05, 3.63) is 90.6 Å². The smallest absolute Gasteiger partial charge is 0.201 e. The second-order valence-electron chi connectivity index (χ2n) is 6.29. The van der Waals surface area contributed by atoms with Crippen molar-refractivity contribution in [2.75, 3.05) is 0 Å². The van der Waals surface area contributed by atoms with Crippen molar-refractivity contribution in [3.63, 3.8) is 0 Å². The summed E-state index contributed by atoms with van der Waals surface area (Å²) >= 11 is 0. The van der Waals surface area contributed by atoms with Crippen molar-refractivity contribution in [2.24, 2.45) is 7.05 Å². The van der Waals surface area contributed by atoms with Gasteiger partial charge < -0.3 is 0 Å². The van der Waals surface area contributed by atoms with Crippen LogP contribution >= 0.6 is 0 Å². The van der Waals surface area contributed by atoms with Crippen molar-refractivity contribution in [1.29, 1.82) is 0 Å². The van der Waals surface area contributed by atoms with E-state index in [1.807, 2.05) is 0 Å². The molecular weight excluding hydrogens is 290 g/mol. The lowest BCUT2D eigenvalue weighted by Crippen LogP contribution is -2.30. The molecule has 1 heteroatoms. The lowest BCUT2D eigenvalue weighted by atomic mass is 9.96. The van der Waals surface area contributed by atoms with E-state index in [4.69, 9.17) is 0 Å². The lowest BCUT2D eigenvalue weighted by Gasteiger charge is -2.09. The number of rotatable bonds is 2. The molecule has 0 saturated carbocycles. The van der Waals surface area contributed by atoms with Gasteiger partial charge in [-0.2, -0.15) is 0 Å². The molecule has 0 N–H and O–H groups in total. The molecule has 4 rings (SSSR count). The number of hydrogen-bond acceptors (Lipinski definition) is 0. The Bertz CT molecular complexity index is 1030.